The van der Waals surface area contributed by atoms with Crippen molar-refractivity contribution in [3.05, 3.63) is 35.6 Å². The van der Waals surface area contributed by atoms with Gasteiger partial charge in [-0.25, -0.2) is 4.39 Å². The van der Waals surface area contributed by atoms with Crippen molar-refractivity contribution in [1.29, 1.82) is 0 Å². The summed E-state index contributed by atoms with van der Waals surface area (Å²) in [5.74, 6) is 0.459. The molecule has 0 aliphatic heterocycles. The maximum Gasteiger partial charge on any atom is 0.236 e. The lowest BCUT2D eigenvalue weighted by molar-refractivity contribution is -0.122. The van der Waals surface area contributed by atoms with E-state index in [-0.39, 0.29) is 11.7 Å². The number of carbonyl (C=O) groups excluding carboxylic acids is 1. The number of halogens is 1. The molecule has 0 saturated heterocycles. The number of benzene rings is 1. The Kier molecular flexibility index (Phi) is 6.75. The fourth-order valence-corrected chi connectivity index (χ4v) is 2.02. The highest BCUT2D eigenvalue weighted by atomic mass is 32.2. The van der Waals surface area contributed by atoms with Crippen LogP contribution in [-0.4, -0.2) is 30.5 Å². The summed E-state index contributed by atoms with van der Waals surface area (Å²) in [7, 11) is 0. The third-order valence-electron chi connectivity index (χ3n) is 2.62. The molecule has 0 unspecified atom stereocenters. The second-order valence-corrected chi connectivity index (χ2v) is 5.01. The summed E-state index contributed by atoms with van der Waals surface area (Å²) in [6, 6.07) is 6.09. The average molecular weight is 270 g/mol. The molecule has 0 bridgehead atoms. The van der Waals surface area contributed by atoms with E-state index in [0.717, 1.165) is 5.75 Å². The van der Waals surface area contributed by atoms with E-state index in [0.29, 0.717) is 24.9 Å². The van der Waals surface area contributed by atoms with Gasteiger partial charge in [0, 0.05) is 6.54 Å². The minimum Gasteiger partial charge on any atom is -0.354 e. The number of rotatable bonds is 7. The maximum atomic E-state index is 13.3. The molecule has 1 aromatic rings. The summed E-state index contributed by atoms with van der Waals surface area (Å²) in [6.07, 6.45) is 3.11. The van der Waals surface area contributed by atoms with Crippen molar-refractivity contribution in [1.82, 2.24) is 5.32 Å². The van der Waals surface area contributed by atoms with Gasteiger partial charge in [-0.2, -0.15) is 11.8 Å². The number of amides is 1. The van der Waals surface area contributed by atoms with E-state index >= 15 is 0 Å². The van der Waals surface area contributed by atoms with Crippen molar-refractivity contribution in [2.24, 2.45) is 5.73 Å². The number of hydrogen-bond donors (Lipinski definition) is 2. The molecule has 1 rings (SSSR count). The maximum absolute atomic E-state index is 13.3. The van der Waals surface area contributed by atoms with E-state index in [1.165, 1.54) is 6.07 Å². The first kappa shape index (κ1) is 15.0. The summed E-state index contributed by atoms with van der Waals surface area (Å²) in [5.41, 5.74) is 6.32. The lowest BCUT2D eigenvalue weighted by atomic mass is 10.1. The molecule has 3 N–H and O–H groups in total. The minimum absolute atomic E-state index is 0.166. The minimum atomic E-state index is -0.474. The molecular formula is C13H19FN2OS. The zero-order valence-electron chi connectivity index (χ0n) is 10.5. The predicted molar refractivity (Wildman–Crippen MR) is 74.1 cm³/mol. The van der Waals surface area contributed by atoms with Gasteiger partial charge in [-0.1, -0.05) is 18.2 Å². The molecule has 1 amide bonds. The quantitative estimate of drug-likeness (QED) is 0.790. The van der Waals surface area contributed by atoms with Gasteiger partial charge in [-0.15, -0.1) is 0 Å². The molecule has 0 spiro atoms. The van der Waals surface area contributed by atoms with Crippen LogP contribution in [0, 0.1) is 5.82 Å². The van der Waals surface area contributed by atoms with E-state index in [1.807, 2.05) is 6.26 Å². The lowest BCUT2D eigenvalue weighted by Crippen LogP contribution is -2.41. The zero-order chi connectivity index (χ0) is 13.4. The van der Waals surface area contributed by atoms with E-state index in [4.69, 9.17) is 5.73 Å². The lowest BCUT2D eigenvalue weighted by Gasteiger charge is -2.11. The third-order valence-corrected chi connectivity index (χ3v) is 3.27. The SMILES string of the molecule is CSCC[C@H](N)C(=O)NCCc1ccccc1F. The average Bonchev–Trinajstić information content (AvgIpc) is 2.38. The zero-order valence-corrected chi connectivity index (χ0v) is 11.3. The predicted octanol–water partition coefficient (Wildman–Crippen LogP) is 1.56. The van der Waals surface area contributed by atoms with Gasteiger partial charge in [0.2, 0.25) is 5.91 Å². The standard InChI is InChI=1S/C13H19FN2OS/c1-18-9-7-12(15)13(17)16-8-6-10-4-2-3-5-11(10)14/h2-5,12H,6-9,15H2,1H3,(H,16,17)/t12-/m0/s1. The van der Waals surface area contributed by atoms with Crippen molar-refractivity contribution in [2.75, 3.05) is 18.6 Å². The highest BCUT2D eigenvalue weighted by molar-refractivity contribution is 7.98. The second kappa shape index (κ2) is 8.11. The van der Waals surface area contributed by atoms with Gasteiger partial charge in [-0.05, 0) is 36.5 Å². The van der Waals surface area contributed by atoms with Crippen LogP contribution in [-0.2, 0) is 11.2 Å². The highest BCUT2D eigenvalue weighted by Gasteiger charge is 2.12. The van der Waals surface area contributed by atoms with Crippen molar-refractivity contribution < 1.29 is 9.18 Å². The number of nitrogens with two attached hydrogens (primary N) is 1. The van der Waals surface area contributed by atoms with Crippen LogP contribution in [0.25, 0.3) is 0 Å². The second-order valence-electron chi connectivity index (χ2n) is 4.02. The van der Waals surface area contributed by atoms with Crippen molar-refractivity contribution in [2.45, 2.75) is 18.9 Å². The molecule has 100 valence electrons. The van der Waals surface area contributed by atoms with Crippen molar-refractivity contribution in [3.8, 4) is 0 Å². The molecule has 0 fully saturated rings. The normalized spacial score (nSPS) is 12.2. The number of nitrogens with one attached hydrogen (secondary N) is 1. The molecule has 5 heteroatoms. The van der Waals surface area contributed by atoms with Crippen molar-refractivity contribution in [3.63, 3.8) is 0 Å². The van der Waals surface area contributed by atoms with Crippen LogP contribution in [0.15, 0.2) is 24.3 Å². The van der Waals surface area contributed by atoms with Crippen LogP contribution in [0.4, 0.5) is 4.39 Å². The molecule has 0 saturated carbocycles. The Morgan fingerprint density at radius 3 is 2.89 bits per heavy atom. The third kappa shape index (κ3) is 5.06. The molecule has 18 heavy (non-hydrogen) atoms. The first-order valence-electron chi connectivity index (χ1n) is 5.90. The highest BCUT2D eigenvalue weighted by Crippen LogP contribution is 2.06. The molecule has 0 aliphatic rings. The molecule has 1 atom stereocenters. The summed E-state index contributed by atoms with van der Waals surface area (Å²) >= 11 is 1.66. The first-order chi connectivity index (χ1) is 8.65. The Morgan fingerprint density at radius 2 is 2.22 bits per heavy atom. The number of thioether (sulfide) groups is 1. The Morgan fingerprint density at radius 1 is 1.50 bits per heavy atom. The van der Waals surface area contributed by atoms with Gasteiger partial charge < -0.3 is 11.1 Å². The fourth-order valence-electron chi connectivity index (χ4n) is 1.53. The van der Waals surface area contributed by atoms with Gasteiger partial charge in [-0.3, -0.25) is 4.79 Å². The van der Waals surface area contributed by atoms with Crippen LogP contribution >= 0.6 is 11.8 Å². The first-order valence-corrected chi connectivity index (χ1v) is 7.30. The molecule has 0 aromatic heterocycles. The van der Waals surface area contributed by atoms with Crippen LogP contribution in [0.5, 0.6) is 0 Å². The Hall–Kier alpha value is -1.07. The summed E-state index contributed by atoms with van der Waals surface area (Å²) in [6.45, 7) is 0.409. The molecule has 1 aromatic carbocycles. The Labute approximate surface area is 111 Å². The Balaban J connectivity index is 2.29. The largest absolute Gasteiger partial charge is 0.354 e. The molecule has 0 radical (unpaired) electrons. The molecule has 0 heterocycles. The summed E-state index contributed by atoms with van der Waals surface area (Å²) in [5, 5.41) is 2.73. The van der Waals surface area contributed by atoms with E-state index < -0.39 is 6.04 Å². The van der Waals surface area contributed by atoms with Gasteiger partial charge in [0.25, 0.3) is 0 Å². The smallest absolute Gasteiger partial charge is 0.236 e. The van der Waals surface area contributed by atoms with Gasteiger partial charge >= 0.3 is 0 Å². The summed E-state index contributed by atoms with van der Waals surface area (Å²) in [4.78, 5) is 11.6. The van der Waals surface area contributed by atoms with Crippen LogP contribution in [0.3, 0.4) is 0 Å². The topological polar surface area (TPSA) is 55.1 Å². The van der Waals surface area contributed by atoms with Gasteiger partial charge in [0.05, 0.1) is 6.04 Å². The Bertz CT molecular complexity index is 387. The van der Waals surface area contributed by atoms with Crippen molar-refractivity contribution >= 4 is 17.7 Å². The van der Waals surface area contributed by atoms with E-state index in [1.54, 1.807) is 30.0 Å². The summed E-state index contributed by atoms with van der Waals surface area (Å²) < 4.78 is 13.3. The molecule has 3 nitrogen and oxygen atoms in total. The van der Waals surface area contributed by atoms with Gasteiger partial charge in [0.15, 0.2) is 0 Å². The van der Waals surface area contributed by atoms with Crippen LogP contribution in [0.1, 0.15) is 12.0 Å². The fraction of sp³-hybridized carbons (Fsp3) is 0.462. The molecular weight excluding hydrogens is 251 g/mol. The van der Waals surface area contributed by atoms with Gasteiger partial charge in [0.1, 0.15) is 5.82 Å². The number of hydrogen-bond acceptors (Lipinski definition) is 3. The van der Waals surface area contributed by atoms with E-state index in [9.17, 15) is 9.18 Å². The number of carbonyl (C=O) groups is 1. The monoisotopic (exact) mass is 270 g/mol. The molecule has 0 aliphatic carbocycles. The van der Waals surface area contributed by atoms with E-state index in [2.05, 4.69) is 5.32 Å². The van der Waals surface area contributed by atoms with Crippen LogP contribution < -0.4 is 11.1 Å². The van der Waals surface area contributed by atoms with Crippen LogP contribution in [0.2, 0.25) is 0 Å².